The van der Waals surface area contributed by atoms with Crippen molar-refractivity contribution >= 4 is 11.9 Å². The van der Waals surface area contributed by atoms with Crippen molar-refractivity contribution in [2.24, 2.45) is 0 Å². The van der Waals surface area contributed by atoms with Crippen molar-refractivity contribution in [3.63, 3.8) is 0 Å². The van der Waals surface area contributed by atoms with Gasteiger partial charge in [-0.2, -0.15) is 0 Å². The Hall–Kier alpha value is -1.86. The van der Waals surface area contributed by atoms with E-state index in [1.165, 1.54) is 0 Å². The zero-order valence-corrected chi connectivity index (χ0v) is 4.80. The van der Waals surface area contributed by atoms with Crippen LogP contribution in [-0.4, -0.2) is 20.2 Å². The summed E-state index contributed by atoms with van der Waals surface area (Å²) in [5.41, 5.74) is 9.88. The number of rotatable bonds is 0. The molecule has 1 heterocycles. The molecular weight excluding hydrogens is 140 g/mol. The Labute approximate surface area is 54.2 Å². The van der Waals surface area contributed by atoms with Crippen molar-refractivity contribution in [3.8, 4) is 0 Å². The fraction of sp³-hybridized carbons (Fsp3) is 0. The van der Waals surface area contributed by atoms with E-state index in [1.807, 2.05) is 0 Å². The zero-order chi connectivity index (χ0) is 7.72. The quantitative estimate of drug-likeness (QED) is 0.276. The van der Waals surface area contributed by atoms with Crippen molar-refractivity contribution < 1.29 is 9.75 Å². The third-order valence-corrected chi connectivity index (χ3v) is 0.791. The average molecular weight is 145 g/mol. The van der Waals surface area contributed by atoms with Gasteiger partial charge < -0.3 is 10.9 Å². The second kappa shape index (κ2) is 1.83. The van der Waals surface area contributed by atoms with Crippen molar-refractivity contribution in [1.29, 1.82) is 0 Å². The molecule has 10 heavy (non-hydrogen) atoms. The van der Waals surface area contributed by atoms with E-state index in [-0.39, 0.29) is 9.39 Å². The molecule has 8 nitrogen and oxygen atoms in total. The third-order valence-electron chi connectivity index (χ3n) is 0.791. The molecule has 0 unspecified atom stereocenters. The highest BCUT2D eigenvalue weighted by atomic mass is 16.5. The Morgan fingerprint density at radius 1 is 1.60 bits per heavy atom. The minimum atomic E-state index is -0.475. The summed E-state index contributed by atoms with van der Waals surface area (Å²) in [7, 11) is 0. The second-order valence-electron chi connectivity index (χ2n) is 1.48. The van der Waals surface area contributed by atoms with Crippen LogP contribution in [0.2, 0.25) is 0 Å². The van der Waals surface area contributed by atoms with E-state index < -0.39 is 11.9 Å². The van der Waals surface area contributed by atoms with Gasteiger partial charge in [0.05, 0.1) is 5.10 Å². The molecule has 54 valence electrons. The van der Waals surface area contributed by atoms with E-state index in [0.717, 1.165) is 0 Å². The van der Waals surface area contributed by atoms with E-state index in [2.05, 4.69) is 10.2 Å². The Bertz CT molecular complexity index is 303. The van der Waals surface area contributed by atoms with E-state index in [1.54, 1.807) is 0 Å². The number of hydrogen-bond donors (Lipinski definition) is 3. The van der Waals surface area contributed by atoms with Gasteiger partial charge in [0.1, 0.15) is 4.54 Å². The molecule has 0 fully saturated rings. The molecule has 0 spiro atoms. The molecule has 8 heteroatoms. The predicted octanol–water partition coefficient (Wildman–Crippen LogP) is -2.41. The molecule has 0 aliphatic heterocycles. The average Bonchev–Trinajstić information content (AvgIpc) is 1.84. The number of nitrogens with two attached hydrogens (primary N) is 2. The molecule has 1 aromatic rings. The summed E-state index contributed by atoms with van der Waals surface area (Å²) in [6.07, 6.45) is 0. The maximum Gasteiger partial charge on any atom is 0.475 e. The zero-order valence-electron chi connectivity index (χ0n) is 4.80. The van der Waals surface area contributed by atoms with Crippen LogP contribution in [0.15, 0.2) is 0 Å². The Morgan fingerprint density at radius 2 is 2.20 bits per heavy atom. The Kier molecular flexibility index (Phi) is 1.14. The van der Waals surface area contributed by atoms with Gasteiger partial charge in [-0.15, -0.1) is 0 Å². The summed E-state index contributed by atoms with van der Waals surface area (Å²) in [4.78, 5) is 10.6. The van der Waals surface area contributed by atoms with Gasteiger partial charge in [-0.1, -0.05) is 4.91 Å². The molecule has 0 atom stereocenters. The van der Waals surface area contributed by atoms with Gasteiger partial charge >= 0.3 is 11.9 Å². The van der Waals surface area contributed by atoms with E-state index in [9.17, 15) is 4.91 Å². The lowest BCUT2D eigenvalue weighted by Gasteiger charge is -1.89. The normalized spacial score (nSPS) is 9.60. The fourth-order valence-corrected chi connectivity index (χ4v) is 0.371. The maximum atomic E-state index is 10.4. The predicted molar refractivity (Wildman–Crippen MR) is 29.4 cm³/mol. The summed E-state index contributed by atoms with van der Waals surface area (Å²) in [6.45, 7) is 0. The van der Waals surface area contributed by atoms with Crippen LogP contribution in [0.5, 0.6) is 0 Å². The molecule has 0 saturated carbocycles. The van der Waals surface area contributed by atoms with Gasteiger partial charge in [-0.25, -0.2) is 0 Å². The first-order valence-electron chi connectivity index (χ1n) is 2.25. The van der Waals surface area contributed by atoms with Gasteiger partial charge in [0, 0.05) is 4.85 Å². The number of hydrogen-bond acceptors (Lipinski definition) is 6. The van der Waals surface area contributed by atoms with Crippen LogP contribution in [0.1, 0.15) is 0 Å². The molecule has 0 aromatic carbocycles. The first kappa shape index (κ1) is 6.26. The summed E-state index contributed by atoms with van der Waals surface area (Å²) in [5.74, 6) is -0.902. The standard InChI is InChI=1S/C2H5N6O2/c3-1-5-8(10)2(4)6-7(1)9/h9H,(H2,4,6)(H2,3,5,10)/q+1. The summed E-state index contributed by atoms with van der Waals surface area (Å²) >= 11 is 0. The molecule has 0 saturated heterocycles. The lowest BCUT2D eigenvalue weighted by Crippen LogP contribution is -2.30. The Balaban J connectivity index is 3.43. The van der Waals surface area contributed by atoms with Crippen molar-refractivity contribution in [2.75, 3.05) is 11.5 Å². The third kappa shape index (κ3) is 0.811. The highest BCUT2D eigenvalue weighted by molar-refractivity contribution is 5.10. The van der Waals surface area contributed by atoms with Crippen LogP contribution in [0.25, 0.3) is 0 Å². The highest BCUT2D eigenvalue weighted by Gasteiger charge is 2.09. The molecule has 5 N–H and O–H groups in total. The first-order valence-corrected chi connectivity index (χ1v) is 2.25. The maximum absolute atomic E-state index is 10.4. The minimum absolute atomic E-state index is 0.00204. The van der Waals surface area contributed by atoms with E-state index in [4.69, 9.17) is 16.7 Å². The highest BCUT2D eigenvalue weighted by Crippen LogP contribution is 1.85. The summed E-state index contributed by atoms with van der Waals surface area (Å²) in [6, 6.07) is 0. The molecular formula is C2H5N6O2+. The van der Waals surface area contributed by atoms with Crippen LogP contribution < -0.4 is 16.0 Å². The van der Waals surface area contributed by atoms with Crippen LogP contribution in [0, 0.1) is 4.91 Å². The van der Waals surface area contributed by atoms with Crippen LogP contribution in [0.4, 0.5) is 11.9 Å². The smallest absolute Gasteiger partial charge is 0.398 e. The van der Waals surface area contributed by atoms with Crippen molar-refractivity contribution in [2.45, 2.75) is 0 Å². The van der Waals surface area contributed by atoms with Crippen molar-refractivity contribution in [3.05, 3.63) is 4.91 Å². The van der Waals surface area contributed by atoms with Gasteiger partial charge in [-0.05, 0) is 5.10 Å². The molecule has 1 aromatic heterocycles. The molecule has 1 rings (SSSR count). The van der Waals surface area contributed by atoms with Gasteiger partial charge in [0.2, 0.25) is 0 Å². The molecule has 0 radical (unpaired) electrons. The SMILES string of the molecule is Nc1n[n+](=O)c(N)nn1O. The van der Waals surface area contributed by atoms with E-state index in [0.29, 0.717) is 0 Å². The largest absolute Gasteiger partial charge is 0.475 e. The second-order valence-corrected chi connectivity index (χ2v) is 1.48. The fourth-order valence-electron chi connectivity index (χ4n) is 0.371. The molecule has 0 bridgehead atoms. The number of nitrogen functional groups attached to an aromatic ring is 2. The summed E-state index contributed by atoms with van der Waals surface area (Å²) < 4.78 is 0.00204. The topological polar surface area (TPSA) is 126 Å². The van der Waals surface area contributed by atoms with Gasteiger partial charge in [0.25, 0.3) is 0 Å². The Morgan fingerprint density at radius 3 is 2.70 bits per heavy atom. The first-order chi connectivity index (χ1) is 4.61. The van der Waals surface area contributed by atoms with Crippen LogP contribution in [-0.2, 0) is 0 Å². The van der Waals surface area contributed by atoms with Gasteiger partial charge in [-0.3, -0.25) is 5.73 Å². The van der Waals surface area contributed by atoms with E-state index >= 15 is 0 Å². The lowest BCUT2D eigenvalue weighted by atomic mass is 11.0. The molecule has 0 aliphatic rings. The lowest BCUT2D eigenvalue weighted by molar-refractivity contribution is -0.553. The number of aromatic nitrogens is 4. The molecule has 0 amide bonds. The minimum Gasteiger partial charge on any atom is -0.398 e. The molecule has 0 aliphatic carbocycles. The van der Waals surface area contributed by atoms with Crippen LogP contribution in [0.3, 0.4) is 0 Å². The van der Waals surface area contributed by atoms with Crippen molar-refractivity contribution in [1.82, 2.24) is 15.0 Å². The number of anilines is 2. The summed E-state index contributed by atoms with van der Waals surface area (Å²) in [5, 5.41) is 14.7. The van der Waals surface area contributed by atoms with Crippen LogP contribution >= 0.6 is 0 Å². The number of nitrogens with zero attached hydrogens (tertiary/aromatic N) is 4. The monoisotopic (exact) mass is 145 g/mol. The van der Waals surface area contributed by atoms with Gasteiger partial charge in [0.15, 0.2) is 0 Å².